The highest BCUT2D eigenvalue weighted by molar-refractivity contribution is 7.28. The Morgan fingerprint density at radius 2 is 0.449 bits per heavy atom. The van der Waals surface area contributed by atoms with E-state index in [2.05, 4.69) is 432 Å². The van der Waals surface area contributed by atoms with Gasteiger partial charge in [0.05, 0.1) is 33.1 Å². The van der Waals surface area contributed by atoms with Crippen LogP contribution in [0.15, 0.2) is 432 Å². The summed E-state index contributed by atoms with van der Waals surface area (Å²) in [5.41, 5.74) is 23.3. The summed E-state index contributed by atoms with van der Waals surface area (Å²) < 4.78 is 43.2. The van der Waals surface area contributed by atoms with Gasteiger partial charge in [-0.1, -0.05) is 273 Å². The van der Waals surface area contributed by atoms with Crippen molar-refractivity contribution in [2.24, 2.45) is 0 Å². The smallest absolute Gasteiger partial charge is 0.143 e. The first-order chi connectivity index (χ1) is 68.4. The minimum absolute atomic E-state index is 0.904. The van der Waals surface area contributed by atoms with Gasteiger partial charge in [0.1, 0.15) is 33.5 Å². The van der Waals surface area contributed by atoms with Crippen molar-refractivity contribution in [3.8, 4) is 50.4 Å². The first-order valence-electron chi connectivity index (χ1n) is 46.5. The third-order valence-electron chi connectivity index (χ3n) is 28.8. The normalized spacial score (nSPS) is 12.3. The lowest BCUT2D eigenvalue weighted by molar-refractivity contribution is 0.669. The van der Waals surface area contributed by atoms with E-state index in [4.69, 9.17) is 13.3 Å². The molecule has 0 amide bonds. The van der Waals surface area contributed by atoms with E-state index in [9.17, 15) is 0 Å². The molecule has 12 aromatic heterocycles. The summed E-state index contributed by atoms with van der Waals surface area (Å²) in [5, 5.41) is 30.3. The molecule has 0 N–H and O–H groups in total. The summed E-state index contributed by atoms with van der Waals surface area (Å²) in [7, 11) is 0. The topological polar surface area (TPSA) is 54.2 Å². The van der Waals surface area contributed by atoms with Gasteiger partial charge in [-0.15, -0.1) is 68.0 Å². The van der Waals surface area contributed by atoms with Crippen LogP contribution in [0.2, 0.25) is 0 Å². The summed E-state index contributed by atoms with van der Waals surface area (Å²) in [6, 6.07) is 153. The monoisotopic (exact) mass is 1860 g/mol. The van der Waals surface area contributed by atoms with Crippen molar-refractivity contribution in [3.05, 3.63) is 419 Å². The van der Waals surface area contributed by atoms with Crippen LogP contribution in [0.4, 0.5) is 0 Å². The fraction of sp³-hybridized carbons (Fsp3) is 0. The second-order valence-electron chi connectivity index (χ2n) is 36.2. The van der Waals surface area contributed by atoms with Crippen molar-refractivity contribution in [2.75, 3.05) is 0 Å². The molecule has 0 radical (unpaired) electrons. The zero-order valence-corrected chi connectivity index (χ0v) is 78.3. The van der Waals surface area contributed by atoms with Gasteiger partial charge in [0.25, 0.3) is 0 Å². The Morgan fingerprint density at radius 3 is 0.884 bits per heavy atom. The predicted molar refractivity (Wildman–Crippen MR) is 598 cm³/mol. The van der Waals surface area contributed by atoms with Crippen LogP contribution in [0.3, 0.4) is 0 Å². The lowest BCUT2D eigenvalue weighted by Gasteiger charge is -2.08. The van der Waals surface area contributed by atoms with Gasteiger partial charge in [-0.2, -0.15) is 0 Å². The zero-order valence-electron chi connectivity index (χ0n) is 73.4. The molecule has 138 heavy (non-hydrogen) atoms. The van der Waals surface area contributed by atoms with Crippen molar-refractivity contribution in [1.82, 2.24) is 13.7 Å². The SMILES string of the molecule is c1ccc2c(c1)sc1c(-c3cccc4c3oc3ccc(-n5c6ccccc6c6c7c(ccc65)sc5ccccc57)cc34)cccc12.c1ccc2c(c1)sc1cc3c(cc12)c1ccccc1n3-c1ccc2oc3c(-c4cccc5c4sc4ccccc45)cccc3c2c1.c1ccc2c(c1)sc1cc3c4ccccc4n(-c4ccc5oc6c(-c7cccc8c7sc7ccccc78)cccc6c5c4)c3cc12. The number of thiophene rings is 6. The molecule has 21 aromatic carbocycles. The Balaban J connectivity index is 0.0000000959. The fourth-order valence-electron chi connectivity index (χ4n) is 22.8. The van der Waals surface area contributed by atoms with Crippen LogP contribution in [0.5, 0.6) is 0 Å². The highest BCUT2D eigenvalue weighted by atomic mass is 32.1. The summed E-state index contributed by atoms with van der Waals surface area (Å²) >= 11 is 11.2. The lowest BCUT2D eigenvalue weighted by atomic mass is 10.00. The third-order valence-corrected chi connectivity index (χ3v) is 35.9. The maximum absolute atomic E-state index is 6.70. The van der Waals surface area contributed by atoms with Crippen molar-refractivity contribution in [2.45, 2.75) is 0 Å². The van der Waals surface area contributed by atoms with Gasteiger partial charge in [0, 0.05) is 236 Å². The van der Waals surface area contributed by atoms with Crippen molar-refractivity contribution in [1.29, 1.82) is 0 Å². The Kier molecular flexibility index (Phi) is 16.5. The van der Waals surface area contributed by atoms with E-state index < -0.39 is 0 Å². The Bertz CT molecular complexity index is 10900. The molecule has 0 saturated heterocycles. The van der Waals surface area contributed by atoms with Crippen molar-refractivity contribution in [3.63, 3.8) is 0 Å². The molecule has 12 heterocycles. The summed E-state index contributed by atoms with van der Waals surface area (Å²) in [5.74, 6) is 0. The van der Waals surface area contributed by atoms with Crippen LogP contribution in [0.1, 0.15) is 0 Å². The van der Waals surface area contributed by atoms with Crippen molar-refractivity contribution >= 4 is 320 Å². The molecule has 33 rings (SSSR count). The van der Waals surface area contributed by atoms with Gasteiger partial charge < -0.3 is 27.0 Å². The minimum Gasteiger partial charge on any atom is -0.455 e. The molecule has 0 bridgehead atoms. The molecule has 0 aliphatic heterocycles. The van der Waals surface area contributed by atoms with E-state index in [0.717, 1.165) is 99.6 Å². The van der Waals surface area contributed by atoms with Crippen LogP contribution in [0.25, 0.3) is 303 Å². The van der Waals surface area contributed by atoms with Crippen LogP contribution < -0.4 is 0 Å². The average Bonchev–Trinajstić information content (AvgIpc) is 1.55. The molecule has 642 valence electrons. The largest absolute Gasteiger partial charge is 0.455 e. The number of aromatic nitrogens is 3. The van der Waals surface area contributed by atoms with Gasteiger partial charge in [0.15, 0.2) is 0 Å². The molecule has 0 unspecified atom stereocenters. The first-order valence-corrected chi connectivity index (χ1v) is 51.4. The van der Waals surface area contributed by atoms with Gasteiger partial charge in [-0.05, 0) is 146 Å². The van der Waals surface area contributed by atoms with Gasteiger partial charge >= 0.3 is 0 Å². The quantitative estimate of drug-likeness (QED) is 0.167. The standard InChI is InChI=1S/3C42H23NOS2/c1-4-16-35-25(9-1)32-23-40-34(27-11-3-5-17-38(27)45-40)22-36(32)43(35)24-19-20-37-33(21-24)29-13-7-12-28(41(29)44-37)31-15-8-14-30-26-10-2-6-18-39(26)46-42(30)31;1-4-16-35-25(9-1)32-22-34-27-11-3-5-17-38(27)45-40(34)23-36(32)43(35)24-19-20-37-33(21-24)29-13-7-12-28(41(29)44-37)31-15-8-14-30-26-10-2-6-18-39(26)46-42(30)31;1-4-16-33-30(10-1)39-34(20-22-38-40(39)31-11-3-6-18-37(31)45-38)43(33)24-19-21-35-32(23-24)27-13-7-12-26(41(27)44-35)29-15-8-14-28-25-9-2-5-17-36(25)46-42(28)29/h3*1-23H. The zero-order chi connectivity index (χ0) is 89.8. The van der Waals surface area contributed by atoms with Gasteiger partial charge in [-0.3, -0.25) is 0 Å². The molecule has 6 nitrogen and oxygen atoms in total. The Morgan fingerprint density at radius 1 is 0.145 bits per heavy atom. The molecule has 0 fully saturated rings. The summed E-state index contributed by atoms with van der Waals surface area (Å²) in [6.45, 7) is 0. The van der Waals surface area contributed by atoms with E-state index in [-0.39, 0.29) is 0 Å². The number of nitrogens with zero attached hydrogens (tertiary/aromatic N) is 3. The van der Waals surface area contributed by atoms with E-state index in [1.807, 2.05) is 68.0 Å². The van der Waals surface area contributed by atoms with Crippen LogP contribution in [-0.2, 0) is 0 Å². The van der Waals surface area contributed by atoms with E-state index in [1.54, 1.807) is 0 Å². The van der Waals surface area contributed by atoms with E-state index in [1.165, 1.54) is 203 Å². The third kappa shape index (κ3) is 11.3. The number of rotatable bonds is 6. The Labute approximate surface area is 809 Å². The molecule has 0 saturated carbocycles. The van der Waals surface area contributed by atoms with Crippen molar-refractivity contribution < 1.29 is 13.3 Å². The second-order valence-corrected chi connectivity index (χ2v) is 42.6. The second kappa shape index (κ2) is 29.6. The highest BCUT2D eigenvalue weighted by Gasteiger charge is 2.27. The molecule has 0 aliphatic rings. The summed E-state index contributed by atoms with van der Waals surface area (Å²) in [6.07, 6.45) is 0. The Hall–Kier alpha value is -16.3. The number of furan rings is 3. The van der Waals surface area contributed by atoms with Crippen LogP contribution in [0, 0.1) is 0 Å². The van der Waals surface area contributed by atoms with Crippen LogP contribution in [-0.4, -0.2) is 13.7 Å². The van der Waals surface area contributed by atoms with E-state index >= 15 is 0 Å². The molecule has 0 aliphatic carbocycles. The number of hydrogen-bond acceptors (Lipinski definition) is 9. The summed E-state index contributed by atoms with van der Waals surface area (Å²) in [4.78, 5) is 0. The molecule has 12 heteroatoms. The predicted octanol–water partition coefficient (Wildman–Crippen LogP) is 39.3. The molecule has 0 atom stereocenters. The lowest BCUT2D eigenvalue weighted by Crippen LogP contribution is -1.93. The number of fused-ring (bicyclic) bond motifs is 37. The average molecular weight is 1870 g/mol. The maximum Gasteiger partial charge on any atom is 0.143 e. The van der Waals surface area contributed by atoms with E-state index in [0.29, 0.717) is 0 Å². The number of para-hydroxylation sites is 6. The molecular formula is C126H69N3O3S6. The van der Waals surface area contributed by atoms with Gasteiger partial charge in [-0.25, -0.2) is 0 Å². The number of hydrogen-bond donors (Lipinski definition) is 0. The molecular weight excluding hydrogens is 1800 g/mol. The maximum atomic E-state index is 6.70. The van der Waals surface area contributed by atoms with Gasteiger partial charge in [0.2, 0.25) is 0 Å². The van der Waals surface area contributed by atoms with Crippen LogP contribution >= 0.6 is 68.0 Å². The molecule has 0 spiro atoms. The molecule has 33 aromatic rings. The fourth-order valence-corrected chi connectivity index (χ4v) is 29.8. The minimum atomic E-state index is 0.904. The number of benzene rings is 21. The first kappa shape index (κ1) is 77.1. The highest BCUT2D eigenvalue weighted by Crippen LogP contribution is 2.53.